The van der Waals surface area contributed by atoms with Crippen molar-refractivity contribution in [3.63, 3.8) is 0 Å². The van der Waals surface area contributed by atoms with Crippen molar-refractivity contribution in [2.24, 2.45) is 5.73 Å². The normalized spacial score (nSPS) is 10.9. The third-order valence-corrected chi connectivity index (χ3v) is 2.49. The fourth-order valence-corrected chi connectivity index (χ4v) is 1.60. The zero-order chi connectivity index (χ0) is 14.6. The smallest absolute Gasteiger partial charge is 0.317 e. The number of carbonyl (C=O) groups excluding carboxylic acids is 1. The Hall–Kier alpha value is -2.04. The number of benzene rings is 1. The van der Waals surface area contributed by atoms with E-state index in [4.69, 9.17) is 11.1 Å². The van der Waals surface area contributed by atoms with E-state index in [-0.39, 0.29) is 17.4 Å². The van der Waals surface area contributed by atoms with Gasteiger partial charge in [0, 0.05) is 24.7 Å². The second kappa shape index (κ2) is 5.73. The maximum Gasteiger partial charge on any atom is 0.317 e. The van der Waals surface area contributed by atoms with Gasteiger partial charge in [-0.25, -0.2) is 4.79 Å². The van der Waals surface area contributed by atoms with Gasteiger partial charge >= 0.3 is 6.03 Å². The van der Waals surface area contributed by atoms with Gasteiger partial charge in [-0.3, -0.25) is 5.41 Å². The van der Waals surface area contributed by atoms with Crippen LogP contribution in [0.25, 0.3) is 0 Å². The van der Waals surface area contributed by atoms with Crippen LogP contribution in [0, 0.1) is 5.41 Å². The van der Waals surface area contributed by atoms with Crippen LogP contribution in [-0.4, -0.2) is 29.4 Å². The molecule has 0 unspecified atom stereocenters. The summed E-state index contributed by atoms with van der Waals surface area (Å²) in [5.74, 6) is 0.0312. The number of nitrogen functional groups attached to an aromatic ring is 1. The number of rotatable bonds is 3. The number of urea groups is 1. The summed E-state index contributed by atoms with van der Waals surface area (Å²) in [5.41, 5.74) is 6.80. The predicted molar refractivity (Wildman–Crippen MR) is 77.2 cm³/mol. The van der Waals surface area contributed by atoms with E-state index < -0.39 is 0 Å². The zero-order valence-electron chi connectivity index (χ0n) is 11.9. The molecule has 1 aromatic rings. The number of nitrogens with one attached hydrogen (secondary N) is 2. The maximum absolute atomic E-state index is 11.9. The topological polar surface area (TPSA) is 82.2 Å². The summed E-state index contributed by atoms with van der Waals surface area (Å²) < 4.78 is 0. The number of hydrogen-bond donors (Lipinski definition) is 3. The molecule has 1 rings (SSSR count). The molecule has 0 saturated heterocycles. The van der Waals surface area contributed by atoms with Crippen molar-refractivity contribution in [2.45, 2.75) is 32.9 Å². The van der Waals surface area contributed by atoms with Crippen LogP contribution in [0.15, 0.2) is 24.3 Å². The molecule has 0 saturated carbocycles. The summed E-state index contributed by atoms with van der Waals surface area (Å²) in [4.78, 5) is 13.5. The van der Waals surface area contributed by atoms with Crippen molar-refractivity contribution < 1.29 is 4.79 Å². The molecule has 0 aliphatic heterocycles. The molecule has 2 amide bonds. The summed E-state index contributed by atoms with van der Waals surface area (Å²) in [6.45, 7) is 6.29. The fraction of sp³-hybridized carbons (Fsp3) is 0.429. The lowest BCUT2D eigenvalue weighted by Crippen LogP contribution is -2.46. The van der Waals surface area contributed by atoms with Gasteiger partial charge in [-0.2, -0.15) is 0 Å². The largest absolute Gasteiger partial charge is 0.384 e. The highest BCUT2D eigenvalue weighted by Crippen LogP contribution is 2.08. The number of hydrogen-bond acceptors (Lipinski definition) is 2. The number of nitrogens with zero attached hydrogens (tertiary/aromatic N) is 1. The molecule has 19 heavy (non-hydrogen) atoms. The molecule has 0 aromatic heterocycles. The van der Waals surface area contributed by atoms with Crippen molar-refractivity contribution in [1.82, 2.24) is 10.2 Å². The average molecular weight is 262 g/mol. The first-order valence-electron chi connectivity index (χ1n) is 6.15. The highest BCUT2D eigenvalue weighted by molar-refractivity contribution is 5.95. The lowest BCUT2D eigenvalue weighted by Gasteiger charge is -2.25. The van der Waals surface area contributed by atoms with Crippen molar-refractivity contribution in [3.8, 4) is 0 Å². The molecular formula is C14H22N4O. The summed E-state index contributed by atoms with van der Waals surface area (Å²) in [6, 6.07) is 7.22. The van der Waals surface area contributed by atoms with Crippen LogP contribution in [-0.2, 0) is 6.54 Å². The van der Waals surface area contributed by atoms with Gasteiger partial charge in [0.05, 0.1) is 0 Å². The fourth-order valence-electron chi connectivity index (χ4n) is 1.60. The van der Waals surface area contributed by atoms with E-state index in [9.17, 15) is 4.79 Å². The van der Waals surface area contributed by atoms with E-state index in [1.54, 1.807) is 18.0 Å². The molecule has 5 nitrogen and oxygen atoms in total. The molecule has 1 aromatic carbocycles. The molecule has 0 fully saturated rings. The molecule has 0 aliphatic rings. The number of amides is 2. The SMILES string of the molecule is CN(Cc1cccc(C(=N)N)c1)C(=O)NC(C)(C)C. The Bertz CT molecular complexity index is 477. The second-order valence-electron chi connectivity index (χ2n) is 5.65. The Morgan fingerprint density at radius 3 is 2.58 bits per heavy atom. The van der Waals surface area contributed by atoms with Gasteiger partial charge in [0.1, 0.15) is 5.84 Å². The molecule has 0 radical (unpaired) electrons. The van der Waals surface area contributed by atoms with Crippen molar-refractivity contribution in [2.75, 3.05) is 7.05 Å². The average Bonchev–Trinajstić information content (AvgIpc) is 2.27. The lowest BCUT2D eigenvalue weighted by molar-refractivity contribution is 0.197. The van der Waals surface area contributed by atoms with Crippen LogP contribution in [0.4, 0.5) is 4.79 Å². The molecule has 0 aliphatic carbocycles. The third kappa shape index (κ3) is 4.99. The second-order valence-corrected chi connectivity index (χ2v) is 5.65. The molecule has 0 heterocycles. The summed E-state index contributed by atoms with van der Waals surface area (Å²) in [7, 11) is 1.74. The highest BCUT2D eigenvalue weighted by Gasteiger charge is 2.17. The molecule has 0 atom stereocenters. The molecule has 5 heteroatoms. The first kappa shape index (κ1) is 15.0. The van der Waals surface area contributed by atoms with Crippen molar-refractivity contribution >= 4 is 11.9 Å². The third-order valence-electron chi connectivity index (χ3n) is 2.49. The zero-order valence-corrected chi connectivity index (χ0v) is 11.9. The Balaban J connectivity index is 2.71. The molecule has 0 spiro atoms. The van der Waals surface area contributed by atoms with Gasteiger partial charge in [0.25, 0.3) is 0 Å². The summed E-state index contributed by atoms with van der Waals surface area (Å²) in [6.07, 6.45) is 0. The Kier molecular flexibility index (Phi) is 4.53. The van der Waals surface area contributed by atoms with E-state index in [1.165, 1.54) is 0 Å². The van der Waals surface area contributed by atoms with Crippen molar-refractivity contribution in [3.05, 3.63) is 35.4 Å². The van der Waals surface area contributed by atoms with Crippen molar-refractivity contribution in [1.29, 1.82) is 5.41 Å². The quantitative estimate of drug-likeness (QED) is 0.574. The first-order chi connectivity index (χ1) is 8.69. The van der Waals surface area contributed by atoms with E-state index >= 15 is 0 Å². The number of amidine groups is 1. The standard InChI is InChI=1S/C14H22N4O/c1-14(2,3)17-13(19)18(4)9-10-6-5-7-11(8-10)12(15)16/h5-8H,9H2,1-4H3,(H3,15,16)(H,17,19). The van der Waals surface area contributed by atoms with Gasteiger partial charge in [-0.05, 0) is 32.4 Å². The monoisotopic (exact) mass is 262 g/mol. The highest BCUT2D eigenvalue weighted by atomic mass is 16.2. The van der Waals surface area contributed by atoms with Gasteiger partial charge in [0.15, 0.2) is 0 Å². The van der Waals surface area contributed by atoms with Crippen LogP contribution in [0.1, 0.15) is 31.9 Å². The van der Waals surface area contributed by atoms with Crippen LogP contribution in [0.5, 0.6) is 0 Å². The van der Waals surface area contributed by atoms with E-state index in [0.29, 0.717) is 12.1 Å². The molecule has 0 bridgehead atoms. The first-order valence-corrected chi connectivity index (χ1v) is 6.15. The Morgan fingerprint density at radius 1 is 1.42 bits per heavy atom. The van der Waals surface area contributed by atoms with E-state index in [1.807, 2.05) is 39.0 Å². The minimum atomic E-state index is -0.257. The number of carbonyl (C=O) groups is 1. The predicted octanol–water partition coefficient (Wildman–Crippen LogP) is 1.91. The van der Waals surface area contributed by atoms with Gasteiger partial charge in [-0.15, -0.1) is 0 Å². The molecule has 4 N–H and O–H groups in total. The lowest BCUT2D eigenvalue weighted by atomic mass is 10.1. The van der Waals surface area contributed by atoms with Crippen LogP contribution in [0.3, 0.4) is 0 Å². The van der Waals surface area contributed by atoms with E-state index in [0.717, 1.165) is 5.56 Å². The van der Waals surface area contributed by atoms with Crippen LogP contribution in [0.2, 0.25) is 0 Å². The van der Waals surface area contributed by atoms with E-state index in [2.05, 4.69) is 5.32 Å². The van der Waals surface area contributed by atoms with Crippen LogP contribution >= 0.6 is 0 Å². The van der Waals surface area contributed by atoms with Gasteiger partial charge < -0.3 is 16.0 Å². The summed E-state index contributed by atoms with van der Waals surface area (Å²) >= 11 is 0. The minimum Gasteiger partial charge on any atom is -0.384 e. The molecule has 104 valence electrons. The summed E-state index contributed by atoms with van der Waals surface area (Å²) in [5, 5.41) is 10.3. The maximum atomic E-state index is 11.9. The number of nitrogens with two attached hydrogens (primary N) is 1. The van der Waals surface area contributed by atoms with Crippen LogP contribution < -0.4 is 11.1 Å². The van der Waals surface area contributed by atoms with Gasteiger partial charge in [-0.1, -0.05) is 18.2 Å². The molecular weight excluding hydrogens is 240 g/mol. The Labute approximate surface area is 114 Å². The van der Waals surface area contributed by atoms with Gasteiger partial charge in [0.2, 0.25) is 0 Å². The minimum absolute atomic E-state index is 0.0312. The Morgan fingerprint density at radius 2 is 2.05 bits per heavy atom.